The summed E-state index contributed by atoms with van der Waals surface area (Å²) in [7, 11) is 0. The van der Waals surface area contributed by atoms with Gasteiger partial charge in [-0.1, -0.05) is 35.5 Å². The van der Waals surface area contributed by atoms with E-state index in [1.54, 1.807) is 0 Å². The number of amides is 1. The van der Waals surface area contributed by atoms with Crippen molar-refractivity contribution in [3.05, 3.63) is 41.6 Å². The number of nitrogens with two attached hydrogens (primary N) is 1. The molecule has 0 saturated heterocycles. The number of anilines is 1. The Kier molecular flexibility index (Phi) is 3.79. The minimum absolute atomic E-state index is 0.0335. The second-order valence-electron chi connectivity index (χ2n) is 4.59. The first kappa shape index (κ1) is 13.1. The average Bonchev–Trinajstić information content (AvgIpc) is 2.72. The fraction of sp³-hybridized carbons (Fsp3) is 0.308. The van der Waals surface area contributed by atoms with E-state index in [1.165, 1.54) is 4.68 Å². The highest BCUT2D eigenvalue weighted by molar-refractivity contribution is 5.96. The molecule has 6 nitrogen and oxygen atoms in total. The van der Waals surface area contributed by atoms with E-state index in [2.05, 4.69) is 15.6 Å². The third kappa shape index (κ3) is 3.09. The first-order chi connectivity index (χ1) is 9.08. The summed E-state index contributed by atoms with van der Waals surface area (Å²) in [5, 5.41) is 10.5. The van der Waals surface area contributed by atoms with Gasteiger partial charge in [0, 0.05) is 6.04 Å². The summed E-state index contributed by atoms with van der Waals surface area (Å²) in [6.07, 6.45) is 0. The summed E-state index contributed by atoms with van der Waals surface area (Å²) >= 11 is 0. The van der Waals surface area contributed by atoms with Crippen LogP contribution in [0.3, 0.4) is 0 Å². The lowest BCUT2D eigenvalue weighted by Gasteiger charge is -2.07. The van der Waals surface area contributed by atoms with Gasteiger partial charge in [-0.2, -0.15) is 0 Å². The molecule has 2 rings (SSSR count). The molecule has 0 unspecified atom stereocenters. The Hall–Kier alpha value is -2.37. The van der Waals surface area contributed by atoms with Crippen LogP contribution in [-0.4, -0.2) is 26.9 Å². The van der Waals surface area contributed by atoms with E-state index in [9.17, 15) is 4.79 Å². The van der Waals surface area contributed by atoms with Gasteiger partial charge in [-0.25, -0.2) is 4.68 Å². The number of benzene rings is 1. The zero-order chi connectivity index (χ0) is 13.8. The molecule has 100 valence electrons. The number of aromatic nitrogens is 3. The molecule has 2 aromatic rings. The van der Waals surface area contributed by atoms with E-state index in [0.717, 1.165) is 5.56 Å². The predicted molar refractivity (Wildman–Crippen MR) is 72.6 cm³/mol. The number of hydrogen-bond acceptors (Lipinski definition) is 4. The number of carbonyl (C=O) groups is 1. The number of nitrogens with one attached hydrogen (secondary N) is 1. The molecular weight excluding hydrogens is 242 g/mol. The smallest absolute Gasteiger partial charge is 0.275 e. The largest absolute Gasteiger partial charge is 0.382 e. The topological polar surface area (TPSA) is 85.8 Å². The van der Waals surface area contributed by atoms with Crippen LogP contribution in [0.4, 0.5) is 5.82 Å². The summed E-state index contributed by atoms with van der Waals surface area (Å²) in [5.41, 5.74) is 7.13. The molecule has 0 fully saturated rings. The summed E-state index contributed by atoms with van der Waals surface area (Å²) in [5.74, 6) is -0.0196. The molecule has 1 heterocycles. The van der Waals surface area contributed by atoms with Gasteiger partial charge < -0.3 is 11.1 Å². The number of carbonyl (C=O) groups excluding carboxylic acids is 1. The molecule has 0 aliphatic rings. The molecule has 0 spiro atoms. The predicted octanol–water partition coefficient (Wildman–Crippen LogP) is 1.05. The molecule has 0 atom stereocenters. The van der Waals surface area contributed by atoms with Gasteiger partial charge in [-0.15, -0.1) is 5.10 Å². The molecule has 0 aliphatic heterocycles. The molecular formula is C13H17N5O. The van der Waals surface area contributed by atoms with Crippen LogP contribution < -0.4 is 11.1 Å². The highest BCUT2D eigenvalue weighted by Crippen LogP contribution is 2.10. The third-order valence-electron chi connectivity index (χ3n) is 2.58. The quantitative estimate of drug-likeness (QED) is 0.859. The summed E-state index contributed by atoms with van der Waals surface area (Å²) in [6.45, 7) is 4.25. The maximum atomic E-state index is 11.8. The Morgan fingerprint density at radius 1 is 1.37 bits per heavy atom. The maximum absolute atomic E-state index is 11.8. The van der Waals surface area contributed by atoms with Crippen molar-refractivity contribution in [3.8, 4) is 0 Å². The normalized spacial score (nSPS) is 10.7. The molecule has 0 aliphatic carbocycles. The fourth-order valence-corrected chi connectivity index (χ4v) is 1.69. The van der Waals surface area contributed by atoms with E-state index in [0.29, 0.717) is 6.54 Å². The lowest BCUT2D eigenvalue weighted by atomic mass is 10.2. The molecule has 6 heteroatoms. The van der Waals surface area contributed by atoms with Crippen molar-refractivity contribution in [2.24, 2.45) is 0 Å². The SMILES string of the molecule is CC(C)NC(=O)c1nnn(Cc2ccccc2)c1N. The summed E-state index contributed by atoms with van der Waals surface area (Å²) in [4.78, 5) is 11.8. The highest BCUT2D eigenvalue weighted by Gasteiger charge is 2.17. The van der Waals surface area contributed by atoms with Crippen LogP contribution in [0, 0.1) is 0 Å². The Morgan fingerprint density at radius 2 is 2.05 bits per heavy atom. The second-order valence-corrected chi connectivity index (χ2v) is 4.59. The van der Waals surface area contributed by atoms with E-state index in [-0.39, 0.29) is 23.5 Å². The van der Waals surface area contributed by atoms with E-state index >= 15 is 0 Å². The van der Waals surface area contributed by atoms with Crippen LogP contribution in [0.2, 0.25) is 0 Å². The van der Waals surface area contributed by atoms with E-state index in [4.69, 9.17) is 5.73 Å². The van der Waals surface area contributed by atoms with E-state index < -0.39 is 0 Å². The van der Waals surface area contributed by atoms with Crippen molar-refractivity contribution < 1.29 is 4.79 Å². The van der Waals surface area contributed by atoms with Gasteiger partial charge in [0.25, 0.3) is 5.91 Å². The van der Waals surface area contributed by atoms with Gasteiger partial charge >= 0.3 is 0 Å². The molecule has 1 aromatic carbocycles. The Labute approximate surface area is 111 Å². The van der Waals surface area contributed by atoms with Gasteiger partial charge in [-0.05, 0) is 19.4 Å². The average molecular weight is 259 g/mol. The highest BCUT2D eigenvalue weighted by atomic mass is 16.2. The monoisotopic (exact) mass is 259 g/mol. The van der Waals surface area contributed by atoms with Crippen LogP contribution in [-0.2, 0) is 6.54 Å². The molecule has 19 heavy (non-hydrogen) atoms. The molecule has 0 saturated carbocycles. The number of nitrogen functional groups attached to an aromatic ring is 1. The van der Waals surface area contributed by atoms with Crippen molar-refractivity contribution in [2.75, 3.05) is 5.73 Å². The lowest BCUT2D eigenvalue weighted by Crippen LogP contribution is -2.31. The fourth-order valence-electron chi connectivity index (χ4n) is 1.69. The third-order valence-corrected chi connectivity index (χ3v) is 2.58. The van der Waals surface area contributed by atoms with Crippen LogP contribution >= 0.6 is 0 Å². The minimum Gasteiger partial charge on any atom is -0.382 e. The van der Waals surface area contributed by atoms with Crippen molar-refractivity contribution in [1.29, 1.82) is 0 Å². The van der Waals surface area contributed by atoms with E-state index in [1.807, 2.05) is 44.2 Å². The van der Waals surface area contributed by atoms with Gasteiger partial charge in [-0.3, -0.25) is 4.79 Å². The first-order valence-electron chi connectivity index (χ1n) is 6.11. The molecule has 1 amide bonds. The van der Waals surface area contributed by atoms with Crippen molar-refractivity contribution in [3.63, 3.8) is 0 Å². The van der Waals surface area contributed by atoms with Crippen molar-refractivity contribution in [2.45, 2.75) is 26.4 Å². The van der Waals surface area contributed by atoms with Crippen LogP contribution in [0.15, 0.2) is 30.3 Å². The maximum Gasteiger partial charge on any atom is 0.275 e. The molecule has 0 radical (unpaired) electrons. The van der Waals surface area contributed by atoms with Crippen LogP contribution in [0.25, 0.3) is 0 Å². The first-order valence-corrected chi connectivity index (χ1v) is 6.11. The van der Waals surface area contributed by atoms with Gasteiger partial charge in [0.2, 0.25) is 0 Å². The Morgan fingerprint density at radius 3 is 2.68 bits per heavy atom. The van der Waals surface area contributed by atoms with Crippen LogP contribution in [0.1, 0.15) is 29.9 Å². The number of nitrogens with zero attached hydrogens (tertiary/aromatic N) is 3. The molecule has 3 N–H and O–H groups in total. The zero-order valence-electron chi connectivity index (χ0n) is 11.0. The lowest BCUT2D eigenvalue weighted by molar-refractivity contribution is 0.0939. The van der Waals surface area contributed by atoms with Crippen LogP contribution in [0.5, 0.6) is 0 Å². The van der Waals surface area contributed by atoms with Crippen molar-refractivity contribution in [1.82, 2.24) is 20.3 Å². The molecule has 0 bridgehead atoms. The summed E-state index contributed by atoms with van der Waals surface area (Å²) < 4.78 is 1.52. The molecule has 1 aromatic heterocycles. The Balaban J connectivity index is 2.17. The van der Waals surface area contributed by atoms with Crippen molar-refractivity contribution >= 4 is 11.7 Å². The van der Waals surface area contributed by atoms with Gasteiger partial charge in [0.1, 0.15) is 0 Å². The summed E-state index contributed by atoms with van der Waals surface area (Å²) in [6, 6.07) is 9.79. The standard InChI is InChI=1S/C13H17N5O/c1-9(2)15-13(19)11-12(14)18(17-16-11)8-10-6-4-3-5-7-10/h3-7,9H,8,14H2,1-2H3,(H,15,19). The Bertz CT molecular complexity index is 562. The zero-order valence-corrected chi connectivity index (χ0v) is 11.0. The number of rotatable bonds is 4. The second kappa shape index (κ2) is 5.51. The minimum atomic E-state index is -0.299. The number of hydrogen-bond donors (Lipinski definition) is 2. The van der Waals surface area contributed by atoms with Gasteiger partial charge in [0.05, 0.1) is 6.54 Å². The van der Waals surface area contributed by atoms with Gasteiger partial charge in [0.15, 0.2) is 11.5 Å².